The summed E-state index contributed by atoms with van der Waals surface area (Å²) in [5.74, 6) is 0.165. The number of ether oxygens (including phenoxy) is 1. The lowest BCUT2D eigenvalue weighted by Gasteiger charge is -2.37. The molecule has 1 aromatic heterocycles. The minimum atomic E-state index is -0.536. The molecule has 3 aliphatic rings. The normalized spacial score (nSPS) is 20.4. The van der Waals surface area contributed by atoms with Gasteiger partial charge in [-0.3, -0.25) is 9.59 Å². The maximum Gasteiger partial charge on any atom is 0.277 e. The Balaban J connectivity index is 1.39. The summed E-state index contributed by atoms with van der Waals surface area (Å²) in [7, 11) is 1.56. The largest absolute Gasteiger partial charge is 0.497 e. The van der Waals surface area contributed by atoms with Crippen LogP contribution < -0.4 is 20.4 Å². The van der Waals surface area contributed by atoms with Gasteiger partial charge in [0.25, 0.3) is 11.8 Å². The van der Waals surface area contributed by atoms with Crippen molar-refractivity contribution in [1.29, 1.82) is 0 Å². The molecule has 0 radical (unpaired) electrons. The first-order valence-corrected chi connectivity index (χ1v) is 11.8. The number of hydrogen-bond acceptors (Lipinski definition) is 8. The fourth-order valence-corrected chi connectivity index (χ4v) is 5.33. The molecule has 2 amide bonds. The van der Waals surface area contributed by atoms with Crippen molar-refractivity contribution in [3.05, 3.63) is 59.0 Å². The van der Waals surface area contributed by atoms with Crippen LogP contribution in [0.25, 0.3) is 0 Å². The number of hydrazone groups is 1. The number of carbonyl (C=O) groups is 2. The number of hydrogen-bond donors (Lipinski definition) is 1. The van der Waals surface area contributed by atoms with Crippen LogP contribution in [-0.2, 0) is 9.59 Å². The van der Waals surface area contributed by atoms with Crippen molar-refractivity contribution in [1.82, 2.24) is 9.88 Å². The van der Waals surface area contributed by atoms with Crippen molar-refractivity contribution in [3.8, 4) is 5.75 Å². The average Bonchev–Trinajstić information content (AvgIpc) is 3.26. The summed E-state index contributed by atoms with van der Waals surface area (Å²) < 4.78 is 18.7. The van der Waals surface area contributed by atoms with E-state index in [-0.39, 0.29) is 11.8 Å². The number of nitrogens with zero attached hydrogens (tertiary/aromatic N) is 5. The highest BCUT2D eigenvalue weighted by Crippen LogP contribution is 2.39. The Morgan fingerprint density at radius 2 is 1.88 bits per heavy atom. The summed E-state index contributed by atoms with van der Waals surface area (Å²) in [6.45, 7) is 1.89. The molecule has 176 valence electrons. The van der Waals surface area contributed by atoms with Gasteiger partial charge in [0.1, 0.15) is 17.3 Å². The summed E-state index contributed by atoms with van der Waals surface area (Å²) >= 11 is 1.36. The van der Waals surface area contributed by atoms with Gasteiger partial charge in [-0.1, -0.05) is 6.07 Å². The van der Waals surface area contributed by atoms with Crippen molar-refractivity contribution < 1.29 is 18.7 Å². The topological polar surface area (TPSA) is 104 Å². The maximum absolute atomic E-state index is 13.6. The molecule has 2 aromatic rings. The van der Waals surface area contributed by atoms with Gasteiger partial charge in [0.05, 0.1) is 29.3 Å². The summed E-state index contributed by atoms with van der Waals surface area (Å²) in [6.07, 6.45) is 0. The van der Waals surface area contributed by atoms with Gasteiger partial charge in [-0.15, -0.1) is 11.8 Å². The third-order valence-corrected chi connectivity index (χ3v) is 7.14. The van der Waals surface area contributed by atoms with Crippen LogP contribution in [-0.4, -0.2) is 66.5 Å². The molecule has 0 saturated carbocycles. The predicted molar refractivity (Wildman–Crippen MR) is 128 cm³/mol. The number of anilines is 2. The Labute approximate surface area is 200 Å². The van der Waals surface area contributed by atoms with Crippen molar-refractivity contribution in [2.45, 2.75) is 0 Å². The van der Waals surface area contributed by atoms with E-state index in [1.165, 1.54) is 22.8 Å². The van der Waals surface area contributed by atoms with Crippen molar-refractivity contribution in [2.75, 3.05) is 49.0 Å². The van der Waals surface area contributed by atoms with Gasteiger partial charge in [-0.25, -0.2) is 4.98 Å². The third-order valence-electron chi connectivity index (χ3n) is 6.11. The minimum absolute atomic E-state index is 0.226. The highest BCUT2D eigenvalue weighted by Gasteiger charge is 2.44. The molecule has 5 rings (SSSR count). The SMILES string of the molecule is COc1ccc(N2N=C(C(=O)N3CCN(c4cccc(F)n4)CC3)C3CSC(N)=C3C2=O)cc1. The van der Waals surface area contributed by atoms with E-state index in [1.54, 1.807) is 48.4 Å². The second-order valence-electron chi connectivity index (χ2n) is 8.04. The molecule has 0 bridgehead atoms. The van der Waals surface area contributed by atoms with E-state index in [9.17, 15) is 14.0 Å². The fourth-order valence-electron chi connectivity index (χ4n) is 4.28. The van der Waals surface area contributed by atoms with Crippen LogP contribution in [0.2, 0.25) is 0 Å². The number of methoxy groups -OCH3 is 1. The second kappa shape index (κ2) is 8.98. The van der Waals surface area contributed by atoms with Crippen molar-refractivity contribution in [2.24, 2.45) is 16.8 Å². The molecule has 0 spiro atoms. The van der Waals surface area contributed by atoms with Gasteiger partial charge in [-0.05, 0) is 36.4 Å². The zero-order valence-electron chi connectivity index (χ0n) is 18.5. The summed E-state index contributed by atoms with van der Waals surface area (Å²) in [4.78, 5) is 34.4. The zero-order valence-corrected chi connectivity index (χ0v) is 19.3. The molecule has 0 aliphatic carbocycles. The van der Waals surface area contributed by atoms with E-state index >= 15 is 0 Å². The molecule has 11 heteroatoms. The van der Waals surface area contributed by atoms with Crippen molar-refractivity contribution >= 4 is 40.8 Å². The number of pyridine rings is 1. The minimum Gasteiger partial charge on any atom is -0.497 e. The Kier molecular flexibility index (Phi) is 5.86. The highest BCUT2D eigenvalue weighted by atomic mass is 32.2. The van der Waals surface area contributed by atoms with Gasteiger partial charge in [0.15, 0.2) is 0 Å². The van der Waals surface area contributed by atoms with Gasteiger partial charge in [0, 0.05) is 31.9 Å². The lowest BCUT2D eigenvalue weighted by molar-refractivity contribution is -0.124. The molecule has 2 N–H and O–H groups in total. The molecule has 1 atom stereocenters. The van der Waals surface area contributed by atoms with E-state index in [0.717, 1.165) is 0 Å². The Morgan fingerprint density at radius 3 is 2.56 bits per heavy atom. The number of rotatable bonds is 4. The van der Waals surface area contributed by atoms with Crippen LogP contribution in [0.15, 0.2) is 58.2 Å². The second-order valence-corrected chi connectivity index (χ2v) is 9.10. The van der Waals surface area contributed by atoms with Gasteiger partial charge in [-0.2, -0.15) is 14.5 Å². The molecule has 1 unspecified atom stereocenters. The van der Waals surface area contributed by atoms with Crippen LogP contribution in [0.3, 0.4) is 0 Å². The number of thioether (sulfide) groups is 1. The van der Waals surface area contributed by atoms with E-state index in [4.69, 9.17) is 10.5 Å². The van der Waals surface area contributed by atoms with E-state index in [0.29, 0.717) is 65.5 Å². The zero-order chi connectivity index (χ0) is 23.8. The molecule has 9 nitrogen and oxygen atoms in total. The van der Waals surface area contributed by atoms with E-state index in [1.807, 2.05) is 4.90 Å². The van der Waals surface area contributed by atoms with Crippen LogP contribution in [0.1, 0.15) is 0 Å². The molecule has 1 saturated heterocycles. The lowest BCUT2D eigenvalue weighted by Crippen LogP contribution is -2.53. The molecule has 4 heterocycles. The molecule has 1 aromatic carbocycles. The van der Waals surface area contributed by atoms with Gasteiger partial charge < -0.3 is 20.3 Å². The number of halogens is 1. The smallest absolute Gasteiger partial charge is 0.277 e. The van der Waals surface area contributed by atoms with Gasteiger partial charge in [0.2, 0.25) is 5.95 Å². The summed E-state index contributed by atoms with van der Waals surface area (Å²) in [6, 6.07) is 11.6. The Hall–Kier alpha value is -3.60. The molecular formula is C23H23FN6O3S. The molecular weight excluding hydrogens is 459 g/mol. The van der Waals surface area contributed by atoms with Crippen LogP contribution in [0.5, 0.6) is 5.75 Å². The highest BCUT2D eigenvalue weighted by molar-refractivity contribution is 8.03. The van der Waals surface area contributed by atoms with E-state index in [2.05, 4.69) is 10.1 Å². The Bertz CT molecular complexity index is 1190. The number of aromatic nitrogens is 1. The number of amides is 2. The fraction of sp³-hybridized carbons (Fsp3) is 0.304. The maximum atomic E-state index is 13.6. The predicted octanol–water partition coefficient (Wildman–Crippen LogP) is 1.81. The van der Waals surface area contributed by atoms with E-state index < -0.39 is 11.9 Å². The monoisotopic (exact) mass is 482 g/mol. The number of benzene rings is 1. The van der Waals surface area contributed by atoms with Crippen LogP contribution >= 0.6 is 11.8 Å². The van der Waals surface area contributed by atoms with Crippen LogP contribution in [0.4, 0.5) is 15.9 Å². The standard InChI is InChI=1S/C23H23FN6O3S/c1-33-15-7-5-14(6-8-15)30-22(31)19-16(13-34-21(19)25)20(27-30)23(32)29-11-9-28(10-12-29)18-4-2-3-17(24)26-18/h2-8,16H,9-13,25H2,1H3. The van der Waals surface area contributed by atoms with Gasteiger partial charge >= 0.3 is 0 Å². The first-order chi connectivity index (χ1) is 16.5. The number of piperazine rings is 1. The average molecular weight is 483 g/mol. The quantitative estimate of drug-likeness (QED) is 0.663. The lowest BCUT2D eigenvalue weighted by atomic mass is 9.92. The first kappa shape index (κ1) is 22.2. The summed E-state index contributed by atoms with van der Waals surface area (Å²) in [5, 5.41) is 6.19. The van der Waals surface area contributed by atoms with Crippen LogP contribution in [0, 0.1) is 11.9 Å². The molecule has 1 fully saturated rings. The molecule has 3 aliphatic heterocycles. The summed E-state index contributed by atoms with van der Waals surface area (Å²) in [5.41, 5.74) is 7.39. The molecule has 34 heavy (non-hydrogen) atoms. The number of fused-ring (bicyclic) bond motifs is 1. The Morgan fingerprint density at radius 1 is 1.15 bits per heavy atom. The first-order valence-electron chi connectivity index (χ1n) is 10.8. The third kappa shape index (κ3) is 3.96. The number of nitrogens with two attached hydrogens (primary N) is 1. The number of carbonyl (C=O) groups excluding carboxylic acids is 2. The van der Waals surface area contributed by atoms with Crippen molar-refractivity contribution in [3.63, 3.8) is 0 Å².